The Morgan fingerprint density at radius 2 is 2.22 bits per heavy atom. The Labute approximate surface area is 106 Å². The molecule has 0 fully saturated rings. The third kappa shape index (κ3) is 2.59. The van der Waals surface area contributed by atoms with Gasteiger partial charge in [0, 0.05) is 19.7 Å². The largest absolute Gasteiger partial charge is 0.496 e. The Morgan fingerprint density at radius 1 is 1.44 bits per heavy atom. The monoisotopic (exact) mass is 244 g/mol. The molecule has 0 amide bonds. The quantitative estimate of drug-likeness (QED) is 0.774. The lowest BCUT2D eigenvalue weighted by Gasteiger charge is -2.07. The van der Waals surface area contributed by atoms with E-state index in [2.05, 4.69) is 5.10 Å². The van der Waals surface area contributed by atoms with Crippen LogP contribution < -0.4 is 4.74 Å². The topological polar surface area (TPSA) is 44.1 Å². The van der Waals surface area contributed by atoms with Crippen molar-refractivity contribution < 1.29 is 9.53 Å². The van der Waals surface area contributed by atoms with Crippen molar-refractivity contribution in [2.24, 2.45) is 7.05 Å². The average molecular weight is 244 g/mol. The highest BCUT2D eigenvalue weighted by Crippen LogP contribution is 2.21. The summed E-state index contributed by atoms with van der Waals surface area (Å²) in [7, 11) is 3.41. The Bertz CT molecular complexity index is 573. The van der Waals surface area contributed by atoms with E-state index in [9.17, 15) is 4.79 Å². The van der Waals surface area contributed by atoms with E-state index in [1.165, 1.54) is 0 Å². The zero-order chi connectivity index (χ0) is 13.1. The summed E-state index contributed by atoms with van der Waals surface area (Å²) in [5.41, 5.74) is 2.60. The number of hydrogen-bond acceptors (Lipinski definition) is 3. The van der Waals surface area contributed by atoms with Crippen molar-refractivity contribution in [3.05, 3.63) is 47.3 Å². The zero-order valence-electron chi connectivity index (χ0n) is 10.8. The molecule has 2 aromatic rings. The Balaban J connectivity index is 2.23. The van der Waals surface area contributed by atoms with Gasteiger partial charge in [0.2, 0.25) is 0 Å². The smallest absolute Gasteiger partial charge is 0.171 e. The summed E-state index contributed by atoms with van der Waals surface area (Å²) in [5.74, 6) is 0.670. The number of Topliss-reactive ketones (excluding diaryl/α,β-unsaturated/α-hetero) is 1. The van der Waals surface area contributed by atoms with Gasteiger partial charge in [-0.2, -0.15) is 5.10 Å². The standard InChI is InChI=1S/C14H16N2O2/c1-10-4-5-12(14(6-10)18-3)13(17)7-11-8-15-16(2)9-11/h4-6,8-9H,7H2,1-3H3. The van der Waals surface area contributed by atoms with E-state index in [0.29, 0.717) is 17.7 Å². The fraction of sp³-hybridized carbons (Fsp3) is 0.286. The molecule has 0 aliphatic rings. The highest BCUT2D eigenvalue weighted by Gasteiger charge is 2.13. The summed E-state index contributed by atoms with van der Waals surface area (Å²) in [5, 5.41) is 4.05. The summed E-state index contributed by atoms with van der Waals surface area (Å²) in [6, 6.07) is 5.60. The van der Waals surface area contributed by atoms with Gasteiger partial charge < -0.3 is 4.74 Å². The first-order valence-corrected chi connectivity index (χ1v) is 5.75. The average Bonchev–Trinajstić information content (AvgIpc) is 2.74. The maximum atomic E-state index is 12.2. The molecule has 0 saturated heterocycles. The third-order valence-corrected chi connectivity index (χ3v) is 2.78. The van der Waals surface area contributed by atoms with Crippen LogP contribution in [0, 0.1) is 6.92 Å². The summed E-state index contributed by atoms with van der Waals surface area (Å²) in [4.78, 5) is 12.2. The molecule has 94 valence electrons. The van der Waals surface area contributed by atoms with Crippen LogP contribution in [-0.2, 0) is 13.5 Å². The molecule has 0 aliphatic heterocycles. The molecule has 4 heteroatoms. The van der Waals surface area contributed by atoms with Crippen LogP contribution in [0.25, 0.3) is 0 Å². The van der Waals surface area contributed by atoms with Crippen molar-refractivity contribution in [2.75, 3.05) is 7.11 Å². The van der Waals surface area contributed by atoms with Gasteiger partial charge in [-0.25, -0.2) is 0 Å². The van der Waals surface area contributed by atoms with Crippen LogP contribution in [0.2, 0.25) is 0 Å². The van der Waals surface area contributed by atoms with Gasteiger partial charge >= 0.3 is 0 Å². The van der Waals surface area contributed by atoms with E-state index in [4.69, 9.17) is 4.74 Å². The van der Waals surface area contributed by atoms with Crippen LogP contribution >= 0.6 is 0 Å². The molecular formula is C14H16N2O2. The van der Waals surface area contributed by atoms with Crippen LogP contribution in [0.1, 0.15) is 21.5 Å². The van der Waals surface area contributed by atoms with Crippen LogP contribution in [-0.4, -0.2) is 22.7 Å². The van der Waals surface area contributed by atoms with Gasteiger partial charge in [0.25, 0.3) is 0 Å². The van der Waals surface area contributed by atoms with Crippen LogP contribution in [0.4, 0.5) is 0 Å². The fourth-order valence-corrected chi connectivity index (χ4v) is 1.87. The summed E-state index contributed by atoms with van der Waals surface area (Å²) in [6.07, 6.45) is 3.89. The number of ketones is 1. The molecule has 0 atom stereocenters. The minimum atomic E-state index is 0.0415. The molecule has 0 radical (unpaired) electrons. The van der Waals surface area contributed by atoms with E-state index in [1.54, 1.807) is 18.0 Å². The lowest BCUT2D eigenvalue weighted by Crippen LogP contribution is -2.05. The fourth-order valence-electron chi connectivity index (χ4n) is 1.87. The van der Waals surface area contributed by atoms with Gasteiger partial charge in [-0.15, -0.1) is 0 Å². The normalized spacial score (nSPS) is 10.4. The number of ether oxygens (including phenoxy) is 1. The minimum Gasteiger partial charge on any atom is -0.496 e. The molecule has 0 unspecified atom stereocenters. The van der Waals surface area contributed by atoms with Crippen molar-refractivity contribution in [3.8, 4) is 5.75 Å². The van der Waals surface area contributed by atoms with Crippen molar-refractivity contribution in [1.82, 2.24) is 9.78 Å². The number of carbonyl (C=O) groups is 1. The number of benzene rings is 1. The van der Waals surface area contributed by atoms with Crippen molar-refractivity contribution in [1.29, 1.82) is 0 Å². The Morgan fingerprint density at radius 3 is 2.83 bits per heavy atom. The zero-order valence-corrected chi connectivity index (χ0v) is 10.8. The second-order valence-corrected chi connectivity index (χ2v) is 4.33. The number of carbonyl (C=O) groups excluding carboxylic acids is 1. The van der Waals surface area contributed by atoms with Crippen LogP contribution in [0.3, 0.4) is 0 Å². The maximum Gasteiger partial charge on any atom is 0.171 e. The lowest BCUT2D eigenvalue weighted by atomic mass is 10.0. The van der Waals surface area contributed by atoms with Gasteiger partial charge in [0.05, 0.1) is 18.9 Å². The molecule has 1 heterocycles. The number of aromatic nitrogens is 2. The SMILES string of the molecule is COc1cc(C)ccc1C(=O)Cc1cnn(C)c1. The molecule has 0 spiro atoms. The van der Waals surface area contributed by atoms with Crippen molar-refractivity contribution in [3.63, 3.8) is 0 Å². The third-order valence-electron chi connectivity index (χ3n) is 2.78. The highest BCUT2D eigenvalue weighted by molar-refractivity contribution is 6.00. The summed E-state index contributed by atoms with van der Waals surface area (Å²) >= 11 is 0. The first-order valence-electron chi connectivity index (χ1n) is 5.75. The van der Waals surface area contributed by atoms with Gasteiger partial charge in [0.1, 0.15) is 5.75 Å². The molecule has 0 saturated carbocycles. The molecule has 2 rings (SSSR count). The van der Waals surface area contributed by atoms with Crippen LogP contribution in [0.5, 0.6) is 5.75 Å². The molecule has 0 N–H and O–H groups in total. The van der Waals surface area contributed by atoms with E-state index >= 15 is 0 Å². The second kappa shape index (κ2) is 5.04. The van der Waals surface area contributed by atoms with Crippen LogP contribution in [0.15, 0.2) is 30.6 Å². The molecular weight excluding hydrogens is 228 g/mol. The summed E-state index contributed by atoms with van der Waals surface area (Å²) < 4.78 is 6.94. The molecule has 0 aliphatic carbocycles. The van der Waals surface area contributed by atoms with E-state index < -0.39 is 0 Å². The molecule has 1 aromatic heterocycles. The highest BCUT2D eigenvalue weighted by atomic mass is 16.5. The first-order chi connectivity index (χ1) is 8.60. The van der Waals surface area contributed by atoms with Crippen molar-refractivity contribution in [2.45, 2.75) is 13.3 Å². The number of hydrogen-bond donors (Lipinski definition) is 0. The predicted octanol–water partition coefficient (Wildman–Crippen LogP) is 2.16. The Hall–Kier alpha value is -2.10. The summed E-state index contributed by atoms with van der Waals surface area (Å²) in [6.45, 7) is 1.97. The minimum absolute atomic E-state index is 0.0415. The molecule has 18 heavy (non-hydrogen) atoms. The number of nitrogens with zero attached hydrogens (tertiary/aromatic N) is 2. The predicted molar refractivity (Wildman–Crippen MR) is 69.0 cm³/mol. The van der Waals surface area contributed by atoms with Crippen molar-refractivity contribution >= 4 is 5.78 Å². The lowest BCUT2D eigenvalue weighted by molar-refractivity contribution is 0.0990. The van der Waals surface area contributed by atoms with E-state index in [-0.39, 0.29) is 5.78 Å². The van der Waals surface area contributed by atoms with Gasteiger partial charge in [-0.3, -0.25) is 9.48 Å². The maximum absolute atomic E-state index is 12.2. The van der Waals surface area contributed by atoms with E-state index in [0.717, 1.165) is 11.1 Å². The molecule has 4 nitrogen and oxygen atoms in total. The van der Waals surface area contributed by atoms with Gasteiger partial charge in [-0.1, -0.05) is 6.07 Å². The second-order valence-electron chi connectivity index (χ2n) is 4.33. The molecule has 0 bridgehead atoms. The number of methoxy groups -OCH3 is 1. The van der Waals surface area contributed by atoms with Gasteiger partial charge in [0.15, 0.2) is 5.78 Å². The van der Waals surface area contributed by atoms with Gasteiger partial charge in [-0.05, 0) is 30.2 Å². The first kappa shape index (κ1) is 12.4. The number of aryl methyl sites for hydroxylation is 2. The Kier molecular flexibility index (Phi) is 3.46. The van der Waals surface area contributed by atoms with E-state index in [1.807, 2.05) is 38.4 Å². The molecule has 1 aromatic carbocycles. The number of rotatable bonds is 4.